The number of ether oxygens (including phenoxy) is 1. The van der Waals surface area contributed by atoms with E-state index in [4.69, 9.17) is 14.8 Å². The number of benzene rings is 1. The van der Waals surface area contributed by atoms with Crippen molar-refractivity contribution in [2.75, 3.05) is 61.0 Å². The van der Waals surface area contributed by atoms with E-state index in [2.05, 4.69) is 41.6 Å². The fourth-order valence-electron chi connectivity index (χ4n) is 9.80. The van der Waals surface area contributed by atoms with Gasteiger partial charge in [-0.15, -0.1) is 0 Å². The lowest BCUT2D eigenvalue weighted by atomic mass is 9.92. The number of rotatable bonds is 9. The predicted molar refractivity (Wildman–Crippen MR) is 209 cm³/mol. The van der Waals surface area contributed by atoms with Gasteiger partial charge in [0.1, 0.15) is 11.4 Å². The van der Waals surface area contributed by atoms with Gasteiger partial charge in [0.15, 0.2) is 11.3 Å². The number of nitrogens with zero attached hydrogens (tertiary/aromatic N) is 10. The second-order valence-electron chi connectivity index (χ2n) is 16.4. The van der Waals surface area contributed by atoms with Crippen LogP contribution in [0.15, 0.2) is 42.9 Å². The van der Waals surface area contributed by atoms with E-state index in [1.807, 2.05) is 29.9 Å². The van der Waals surface area contributed by atoms with Crippen LogP contribution in [-0.4, -0.2) is 115 Å². The minimum absolute atomic E-state index is 0.00675. The monoisotopic (exact) mass is 796 g/mol. The lowest BCUT2D eigenvalue weighted by molar-refractivity contribution is -0.134. The standard InChI is InChI=1S/C40H46F2N12O4/c1-49-36-27(34(47-49)28-5-6-33(55)46-39(28)56)3-2-4-31(36)51-14-7-23(8-15-51)19-50-12-9-24(10-13-50)54-21-30(35(48-54)37(41)42)44-40(57)29-18-43-53-16-11-32(45-38(29)53)52-20-26-17-25(52)22-58-26/h2-4,11,16,18,21,23-26,28,37H,5-10,12-15,17,19-20,22H2,1H3,(H,44,57)(H,46,55,56)/t25-,26-,28?/m1/s1. The normalized spacial score (nSPS) is 23.6. The molecule has 4 aromatic heterocycles. The number of para-hydroxylation sites is 1. The zero-order valence-corrected chi connectivity index (χ0v) is 32.3. The van der Waals surface area contributed by atoms with Crippen LogP contribution in [0.3, 0.4) is 0 Å². The number of anilines is 3. The molecule has 5 saturated heterocycles. The highest BCUT2D eigenvalue weighted by Gasteiger charge is 2.40. The smallest absolute Gasteiger partial charge is 0.284 e. The van der Waals surface area contributed by atoms with Crippen LogP contribution in [0, 0.1) is 5.92 Å². The van der Waals surface area contributed by atoms with Crippen molar-refractivity contribution >= 4 is 51.5 Å². The van der Waals surface area contributed by atoms with Gasteiger partial charge in [-0.25, -0.2) is 18.3 Å². The van der Waals surface area contributed by atoms with E-state index in [-0.39, 0.29) is 41.3 Å². The van der Waals surface area contributed by atoms with Crippen molar-refractivity contribution in [1.29, 1.82) is 0 Å². The Morgan fingerprint density at radius 2 is 1.86 bits per heavy atom. The number of aryl methyl sites for hydroxylation is 1. The first-order chi connectivity index (χ1) is 28.2. The molecule has 5 aromatic rings. The van der Waals surface area contributed by atoms with Crippen LogP contribution in [0.5, 0.6) is 0 Å². The summed E-state index contributed by atoms with van der Waals surface area (Å²) in [6.07, 6.45) is 7.34. The summed E-state index contributed by atoms with van der Waals surface area (Å²) in [7, 11) is 1.91. The average Bonchev–Trinajstić information content (AvgIpc) is 4.08. The van der Waals surface area contributed by atoms with E-state index >= 15 is 0 Å². The van der Waals surface area contributed by atoms with Crippen LogP contribution in [0.4, 0.5) is 26.0 Å². The second kappa shape index (κ2) is 14.7. The van der Waals surface area contributed by atoms with Crippen LogP contribution >= 0.6 is 0 Å². The number of halogens is 2. The van der Waals surface area contributed by atoms with Crippen molar-refractivity contribution < 1.29 is 27.9 Å². The Kier molecular flexibility index (Phi) is 9.34. The molecule has 3 atom stereocenters. The summed E-state index contributed by atoms with van der Waals surface area (Å²) in [5.41, 5.74) is 2.92. The molecule has 1 unspecified atom stereocenters. The number of nitrogens with one attached hydrogen (secondary N) is 2. The van der Waals surface area contributed by atoms with Crippen molar-refractivity contribution in [2.45, 2.75) is 75.5 Å². The first-order valence-corrected chi connectivity index (χ1v) is 20.3. The molecule has 304 valence electrons. The molecule has 16 nitrogen and oxygen atoms in total. The summed E-state index contributed by atoms with van der Waals surface area (Å²) in [5, 5.41) is 19.5. The lowest BCUT2D eigenvalue weighted by Gasteiger charge is -2.38. The molecule has 58 heavy (non-hydrogen) atoms. The second-order valence-corrected chi connectivity index (χ2v) is 16.4. The predicted octanol–water partition coefficient (Wildman–Crippen LogP) is 4.05. The number of piperidine rings is 3. The maximum Gasteiger partial charge on any atom is 0.284 e. The molecule has 0 aliphatic carbocycles. The van der Waals surface area contributed by atoms with Crippen LogP contribution in [0.1, 0.15) is 85.1 Å². The molecule has 9 heterocycles. The molecule has 0 spiro atoms. The molecule has 10 rings (SSSR count). The molecular weight excluding hydrogens is 751 g/mol. The highest BCUT2D eigenvalue weighted by molar-refractivity contribution is 6.08. The van der Waals surface area contributed by atoms with Crippen LogP contribution < -0.4 is 20.4 Å². The largest absolute Gasteiger partial charge is 0.374 e. The summed E-state index contributed by atoms with van der Waals surface area (Å²) in [4.78, 5) is 49.8. The van der Waals surface area contributed by atoms with Gasteiger partial charge < -0.3 is 24.8 Å². The van der Waals surface area contributed by atoms with E-state index in [0.717, 1.165) is 99.5 Å². The molecule has 0 radical (unpaired) electrons. The number of morpholine rings is 1. The minimum atomic E-state index is -2.86. The maximum absolute atomic E-state index is 14.3. The molecule has 2 N–H and O–H groups in total. The number of alkyl halides is 2. The quantitative estimate of drug-likeness (QED) is 0.207. The van der Waals surface area contributed by atoms with Gasteiger partial charge in [0, 0.05) is 70.5 Å². The number of hydrogen-bond acceptors (Lipinski definition) is 11. The highest BCUT2D eigenvalue weighted by Crippen LogP contribution is 2.37. The van der Waals surface area contributed by atoms with Crippen molar-refractivity contribution in [3.05, 3.63) is 59.8 Å². The van der Waals surface area contributed by atoms with Crippen molar-refractivity contribution in [1.82, 2.24) is 44.4 Å². The van der Waals surface area contributed by atoms with E-state index in [1.165, 1.54) is 16.9 Å². The molecule has 1 aromatic carbocycles. The number of imide groups is 1. The van der Waals surface area contributed by atoms with E-state index < -0.39 is 23.9 Å². The molecular formula is C40H46F2N12O4. The minimum Gasteiger partial charge on any atom is -0.374 e. The van der Waals surface area contributed by atoms with Gasteiger partial charge in [-0.3, -0.25) is 29.1 Å². The Morgan fingerprint density at radius 3 is 2.60 bits per heavy atom. The number of amides is 3. The van der Waals surface area contributed by atoms with Crippen molar-refractivity contribution in [3.8, 4) is 0 Å². The van der Waals surface area contributed by atoms with E-state index in [0.29, 0.717) is 31.0 Å². The van der Waals surface area contributed by atoms with Gasteiger partial charge in [-0.05, 0) is 56.6 Å². The van der Waals surface area contributed by atoms with Gasteiger partial charge in [0.2, 0.25) is 11.8 Å². The Bertz CT molecular complexity index is 2390. The number of carbonyl (C=O) groups excluding carboxylic acids is 3. The summed E-state index contributed by atoms with van der Waals surface area (Å²) >= 11 is 0. The van der Waals surface area contributed by atoms with Gasteiger partial charge in [-0.2, -0.15) is 15.3 Å². The van der Waals surface area contributed by atoms with E-state index in [1.54, 1.807) is 10.9 Å². The van der Waals surface area contributed by atoms with Crippen LogP contribution in [0.2, 0.25) is 0 Å². The van der Waals surface area contributed by atoms with Crippen LogP contribution in [0.25, 0.3) is 16.6 Å². The molecule has 3 amide bonds. The van der Waals surface area contributed by atoms with Crippen molar-refractivity contribution in [3.63, 3.8) is 0 Å². The molecule has 2 bridgehead atoms. The Hall–Kier alpha value is -5.49. The Balaban J connectivity index is 0.753. The summed E-state index contributed by atoms with van der Waals surface area (Å²) in [6, 6.07) is 8.21. The highest BCUT2D eigenvalue weighted by atomic mass is 19.3. The molecule has 5 aliphatic rings. The fraction of sp³-hybridized carbons (Fsp3) is 0.525. The Morgan fingerprint density at radius 1 is 1.03 bits per heavy atom. The summed E-state index contributed by atoms with van der Waals surface area (Å²) < 4.78 is 39.3. The molecule has 5 aliphatic heterocycles. The zero-order chi connectivity index (χ0) is 39.7. The summed E-state index contributed by atoms with van der Waals surface area (Å²) in [6.45, 7) is 5.82. The summed E-state index contributed by atoms with van der Waals surface area (Å²) in [5.74, 6) is -0.267. The number of hydrogen-bond donors (Lipinski definition) is 2. The average molecular weight is 797 g/mol. The first-order valence-electron chi connectivity index (χ1n) is 20.3. The number of fused-ring (bicyclic) bond motifs is 4. The third-order valence-electron chi connectivity index (χ3n) is 12.9. The van der Waals surface area contributed by atoms with Crippen LogP contribution in [-0.2, 0) is 21.4 Å². The van der Waals surface area contributed by atoms with Gasteiger partial charge in [-0.1, -0.05) is 12.1 Å². The first kappa shape index (κ1) is 36.8. The third-order valence-corrected chi connectivity index (χ3v) is 12.9. The number of carbonyl (C=O) groups is 3. The molecule has 0 saturated carbocycles. The van der Waals surface area contributed by atoms with Gasteiger partial charge >= 0.3 is 0 Å². The van der Waals surface area contributed by atoms with E-state index in [9.17, 15) is 23.2 Å². The zero-order valence-electron chi connectivity index (χ0n) is 32.3. The molecule has 5 fully saturated rings. The van der Waals surface area contributed by atoms with Gasteiger partial charge in [0.25, 0.3) is 12.3 Å². The number of likely N-dealkylation sites (tertiary alicyclic amines) is 1. The fourth-order valence-corrected chi connectivity index (χ4v) is 9.80. The number of aromatic nitrogens is 7. The third kappa shape index (κ3) is 6.64. The maximum atomic E-state index is 14.3. The lowest BCUT2D eigenvalue weighted by Crippen LogP contribution is -2.42. The molecule has 18 heteroatoms. The topological polar surface area (TPSA) is 160 Å². The SMILES string of the molecule is Cn1nc(C2CCC(=O)NC2=O)c2cccc(N3CCC(CN4CCC(n5cc(NC(=O)c6cnn7ccc(N8C[C@H]9C[C@@H]8CO9)nc67)c(C(F)F)n5)CC4)CC3)c21. The van der Waals surface area contributed by atoms with Gasteiger partial charge in [0.05, 0.1) is 59.5 Å². The van der Waals surface area contributed by atoms with Crippen molar-refractivity contribution in [2.24, 2.45) is 13.0 Å². The Labute approximate surface area is 332 Å².